The second-order valence-electron chi connectivity index (χ2n) is 4.84. The molecule has 1 aliphatic rings. The van der Waals surface area contributed by atoms with E-state index in [4.69, 9.17) is 4.74 Å². The summed E-state index contributed by atoms with van der Waals surface area (Å²) < 4.78 is 42.5. The number of hydrogen-bond donors (Lipinski definition) is 0. The molecule has 0 aromatic carbocycles. The highest BCUT2D eigenvalue weighted by atomic mass is 19.4. The maximum absolute atomic E-state index is 12.6. The summed E-state index contributed by atoms with van der Waals surface area (Å²) >= 11 is 0. The van der Waals surface area contributed by atoms with Crippen LogP contribution in [0.25, 0.3) is 0 Å². The third kappa shape index (κ3) is 3.34. The lowest BCUT2D eigenvalue weighted by Gasteiger charge is -2.28. The van der Waals surface area contributed by atoms with Crippen LogP contribution in [0.3, 0.4) is 0 Å². The molecule has 1 heterocycles. The minimum absolute atomic E-state index is 0.172. The Balaban J connectivity index is 2.86. The van der Waals surface area contributed by atoms with E-state index >= 15 is 0 Å². The summed E-state index contributed by atoms with van der Waals surface area (Å²) in [5.74, 6) is -0.846. The molecular formula is C10H14F3NO3. The Morgan fingerprint density at radius 3 is 2.29 bits per heavy atom. The van der Waals surface area contributed by atoms with E-state index in [2.05, 4.69) is 0 Å². The van der Waals surface area contributed by atoms with Crippen molar-refractivity contribution < 1.29 is 27.5 Å². The fourth-order valence-corrected chi connectivity index (χ4v) is 1.53. The second-order valence-corrected chi connectivity index (χ2v) is 4.84. The molecule has 0 spiro atoms. The van der Waals surface area contributed by atoms with Crippen molar-refractivity contribution in [2.75, 3.05) is 0 Å². The fraction of sp³-hybridized carbons (Fsp3) is 0.800. The number of likely N-dealkylation sites (tertiary alicyclic amines) is 1. The molecule has 1 rings (SSSR count). The van der Waals surface area contributed by atoms with Crippen molar-refractivity contribution in [2.45, 2.75) is 51.4 Å². The van der Waals surface area contributed by atoms with Crippen LogP contribution in [0.1, 0.15) is 33.6 Å². The summed E-state index contributed by atoms with van der Waals surface area (Å²) in [7, 11) is 0. The smallest absolute Gasteiger partial charge is 0.417 e. The molecule has 0 unspecified atom stereocenters. The average Bonchev–Trinajstić information content (AvgIpc) is 2.42. The molecule has 7 heteroatoms. The van der Waals surface area contributed by atoms with Crippen LogP contribution in [0.15, 0.2) is 0 Å². The van der Waals surface area contributed by atoms with E-state index in [1.54, 1.807) is 0 Å². The predicted octanol–water partition coefficient (Wildman–Crippen LogP) is 2.47. The summed E-state index contributed by atoms with van der Waals surface area (Å²) in [5.41, 5.74) is -0.934. The summed E-state index contributed by atoms with van der Waals surface area (Å²) in [6.45, 7) is 4.57. The van der Waals surface area contributed by atoms with Gasteiger partial charge in [0.1, 0.15) is 11.6 Å². The Labute approximate surface area is 96.7 Å². The normalized spacial score (nSPS) is 21.9. The van der Waals surface area contributed by atoms with Crippen molar-refractivity contribution in [1.82, 2.24) is 4.90 Å². The van der Waals surface area contributed by atoms with Gasteiger partial charge in [0, 0.05) is 6.42 Å². The third-order valence-electron chi connectivity index (χ3n) is 2.18. The zero-order chi connectivity index (χ0) is 13.4. The van der Waals surface area contributed by atoms with Gasteiger partial charge in [-0.2, -0.15) is 13.2 Å². The Morgan fingerprint density at radius 1 is 1.35 bits per heavy atom. The molecule has 0 aromatic rings. The number of imide groups is 1. The minimum Gasteiger partial charge on any atom is -0.443 e. The van der Waals surface area contributed by atoms with E-state index in [-0.39, 0.29) is 11.3 Å². The van der Waals surface area contributed by atoms with Gasteiger partial charge in [-0.25, -0.2) is 9.69 Å². The average molecular weight is 253 g/mol. The molecule has 17 heavy (non-hydrogen) atoms. The van der Waals surface area contributed by atoms with Gasteiger partial charge in [0.2, 0.25) is 5.91 Å². The first-order valence-electron chi connectivity index (χ1n) is 5.14. The number of hydrogen-bond acceptors (Lipinski definition) is 3. The van der Waals surface area contributed by atoms with Crippen LogP contribution in [0, 0.1) is 0 Å². The van der Waals surface area contributed by atoms with Crippen LogP contribution in [-0.4, -0.2) is 34.7 Å². The molecule has 0 radical (unpaired) electrons. The highest BCUT2D eigenvalue weighted by Crippen LogP contribution is 2.34. The largest absolute Gasteiger partial charge is 0.443 e. The lowest BCUT2D eigenvalue weighted by molar-refractivity contribution is -0.177. The van der Waals surface area contributed by atoms with Gasteiger partial charge in [0.25, 0.3) is 0 Å². The molecular weight excluding hydrogens is 239 g/mol. The number of alkyl halides is 3. The Kier molecular flexibility index (Phi) is 3.40. The lowest BCUT2D eigenvalue weighted by Crippen LogP contribution is -2.48. The molecule has 98 valence electrons. The molecule has 0 aliphatic carbocycles. The first-order valence-corrected chi connectivity index (χ1v) is 5.14. The van der Waals surface area contributed by atoms with Crippen LogP contribution in [-0.2, 0) is 9.53 Å². The Bertz CT molecular complexity index is 333. The van der Waals surface area contributed by atoms with Crippen molar-refractivity contribution in [1.29, 1.82) is 0 Å². The maximum atomic E-state index is 12.6. The van der Waals surface area contributed by atoms with Gasteiger partial charge < -0.3 is 4.74 Å². The van der Waals surface area contributed by atoms with Crippen LogP contribution < -0.4 is 0 Å². The number of rotatable bonds is 0. The van der Waals surface area contributed by atoms with Gasteiger partial charge in [-0.15, -0.1) is 0 Å². The monoisotopic (exact) mass is 253 g/mol. The van der Waals surface area contributed by atoms with Crippen molar-refractivity contribution in [3.05, 3.63) is 0 Å². The van der Waals surface area contributed by atoms with E-state index in [0.29, 0.717) is 0 Å². The summed E-state index contributed by atoms with van der Waals surface area (Å²) in [4.78, 5) is 23.0. The number of carbonyl (C=O) groups is 2. The van der Waals surface area contributed by atoms with Crippen molar-refractivity contribution in [3.8, 4) is 0 Å². The predicted molar refractivity (Wildman–Crippen MR) is 52.2 cm³/mol. The lowest BCUT2D eigenvalue weighted by atomic mass is 10.2. The van der Waals surface area contributed by atoms with Gasteiger partial charge in [0.05, 0.1) is 0 Å². The minimum atomic E-state index is -4.61. The van der Waals surface area contributed by atoms with Gasteiger partial charge in [-0.05, 0) is 27.2 Å². The molecule has 1 atom stereocenters. The number of carbonyl (C=O) groups excluding carboxylic acids is 2. The zero-order valence-corrected chi connectivity index (χ0v) is 9.80. The number of halogens is 3. The molecule has 1 fully saturated rings. The van der Waals surface area contributed by atoms with E-state index in [9.17, 15) is 22.8 Å². The fourth-order valence-electron chi connectivity index (χ4n) is 1.53. The third-order valence-corrected chi connectivity index (χ3v) is 2.18. The number of ether oxygens (including phenoxy) is 1. The molecule has 4 nitrogen and oxygen atoms in total. The summed E-state index contributed by atoms with van der Waals surface area (Å²) in [6.07, 6.45) is -6.53. The van der Waals surface area contributed by atoms with Crippen molar-refractivity contribution >= 4 is 12.0 Å². The Morgan fingerprint density at radius 2 is 1.88 bits per heavy atom. The highest BCUT2D eigenvalue weighted by Gasteiger charge is 2.52. The van der Waals surface area contributed by atoms with Crippen molar-refractivity contribution in [3.63, 3.8) is 0 Å². The van der Waals surface area contributed by atoms with E-state index in [0.717, 1.165) is 0 Å². The second kappa shape index (κ2) is 4.19. The standard InChI is InChI=1S/C10H14F3NO3/c1-9(2,3)17-8(16)14-6(10(11,12)13)4-5-7(14)15/h6H,4-5H2,1-3H3/t6-/m0/s1. The molecule has 2 amide bonds. The molecule has 0 bridgehead atoms. The molecule has 0 N–H and O–H groups in total. The van der Waals surface area contributed by atoms with Crippen molar-refractivity contribution in [2.24, 2.45) is 0 Å². The highest BCUT2D eigenvalue weighted by molar-refractivity contribution is 5.94. The van der Waals surface area contributed by atoms with Gasteiger partial charge in [0.15, 0.2) is 0 Å². The molecule has 0 saturated carbocycles. The number of nitrogens with zero attached hydrogens (tertiary/aromatic N) is 1. The van der Waals surface area contributed by atoms with Crippen LogP contribution >= 0.6 is 0 Å². The quantitative estimate of drug-likeness (QED) is 0.666. The summed E-state index contributed by atoms with van der Waals surface area (Å²) in [6, 6.07) is -2.06. The topological polar surface area (TPSA) is 46.6 Å². The van der Waals surface area contributed by atoms with E-state index in [1.165, 1.54) is 20.8 Å². The molecule has 1 saturated heterocycles. The van der Waals surface area contributed by atoms with Crippen LogP contribution in [0.4, 0.5) is 18.0 Å². The maximum Gasteiger partial charge on any atom is 0.417 e. The van der Waals surface area contributed by atoms with E-state index < -0.39 is 36.2 Å². The summed E-state index contributed by atoms with van der Waals surface area (Å²) in [5, 5.41) is 0. The SMILES string of the molecule is CC(C)(C)OC(=O)N1C(=O)CC[C@H]1C(F)(F)F. The van der Waals surface area contributed by atoms with Crippen LogP contribution in [0.5, 0.6) is 0 Å². The van der Waals surface area contributed by atoms with Crippen LogP contribution in [0.2, 0.25) is 0 Å². The van der Waals surface area contributed by atoms with E-state index in [1.807, 2.05) is 0 Å². The first kappa shape index (κ1) is 13.8. The zero-order valence-electron chi connectivity index (χ0n) is 9.80. The number of amides is 2. The first-order chi connectivity index (χ1) is 7.52. The van der Waals surface area contributed by atoms with Gasteiger partial charge in [-0.3, -0.25) is 4.79 Å². The Hall–Kier alpha value is -1.27. The molecule has 1 aliphatic heterocycles. The van der Waals surface area contributed by atoms with Gasteiger partial charge in [-0.1, -0.05) is 0 Å². The van der Waals surface area contributed by atoms with Gasteiger partial charge >= 0.3 is 12.3 Å². The molecule has 0 aromatic heterocycles.